The van der Waals surface area contributed by atoms with Crippen LogP contribution in [0.1, 0.15) is 5.56 Å². The van der Waals surface area contributed by atoms with Gasteiger partial charge in [0.05, 0.1) is 6.20 Å². The smallest absolute Gasteiger partial charge is 0.388 e. The molecule has 1 heterocycles. The van der Waals surface area contributed by atoms with E-state index in [1.807, 2.05) is 0 Å². The van der Waals surface area contributed by atoms with E-state index in [-0.39, 0.29) is 5.56 Å². The number of pyridine rings is 1. The molecule has 0 unspecified atom stereocenters. The predicted octanol–water partition coefficient (Wildman–Crippen LogP) is 2.43. The van der Waals surface area contributed by atoms with E-state index in [0.717, 1.165) is 6.07 Å². The number of aromatic nitrogens is 1. The number of ether oxygens (including phenoxy) is 1. The summed E-state index contributed by atoms with van der Waals surface area (Å²) in [7, 11) is 0. The number of halogens is 4. The van der Waals surface area contributed by atoms with Gasteiger partial charge in [0.25, 0.3) is 0 Å². The molecule has 0 atom stereocenters. The van der Waals surface area contributed by atoms with Gasteiger partial charge in [0.1, 0.15) is 5.82 Å². The van der Waals surface area contributed by atoms with Gasteiger partial charge in [-0.1, -0.05) is 0 Å². The van der Waals surface area contributed by atoms with Crippen LogP contribution >= 0.6 is 0 Å². The molecule has 2 nitrogen and oxygen atoms in total. The minimum absolute atomic E-state index is 0.0502. The summed E-state index contributed by atoms with van der Waals surface area (Å²) in [6.07, 6.45) is -4.12. The normalized spacial score (nSPS) is 11.5. The highest BCUT2D eigenvalue weighted by Crippen LogP contribution is 2.21. The number of nitrogens with zero attached hydrogens (tertiary/aromatic N) is 1. The van der Waals surface area contributed by atoms with Crippen molar-refractivity contribution in [1.82, 2.24) is 4.98 Å². The Balaban J connectivity index is 2.86. The van der Waals surface area contributed by atoms with Crippen molar-refractivity contribution in [2.24, 2.45) is 0 Å². The van der Waals surface area contributed by atoms with Crippen LogP contribution in [0.15, 0.2) is 12.3 Å². The molecule has 0 aliphatic heterocycles. The Hall–Kier alpha value is -1.33. The van der Waals surface area contributed by atoms with Gasteiger partial charge in [0.2, 0.25) is 5.88 Å². The van der Waals surface area contributed by atoms with Crippen LogP contribution in [0.5, 0.6) is 5.88 Å². The maximum Gasteiger partial charge on any atom is 0.574 e. The van der Waals surface area contributed by atoms with E-state index in [0.29, 0.717) is 6.20 Å². The molecule has 1 aromatic rings. The molecule has 0 saturated heterocycles. The van der Waals surface area contributed by atoms with Crippen molar-refractivity contribution in [1.29, 1.82) is 0 Å². The zero-order valence-electron chi connectivity index (χ0n) is 6.52. The predicted molar refractivity (Wildman–Crippen MR) is 35.6 cm³/mol. The Morgan fingerprint density at radius 3 is 2.46 bits per heavy atom. The van der Waals surface area contributed by atoms with Crippen molar-refractivity contribution in [2.45, 2.75) is 13.3 Å². The molecule has 0 amide bonds. The molecule has 0 radical (unpaired) electrons. The standard InChI is InChI=1S/C7H5F4NO/c1-4-2-6(12-3-5(4)8)13-7(9,10)11/h2-3H,1H3. The molecule has 0 fully saturated rings. The van der Waals surface area contributed by atoms with E-state index >= 15 is 0 Å². The van der Waals surface area contributed by atoms with Gasteiger partial charge in [-0.05, 0) is 12.5 Å². The van der Waals surface area contributed by atoms with E-state index in [1.54, 1.807) is 0 Å². The third kappa shape index (κ3) is 2.89. The molecule has 0 aliphatic rings. The van der Waals surface area contributed by atoms with Crippen LogP contribution in [-0.4, -0.2) is 11.3 Å². The molecule has 0 N–H and O–H groups in total. The molecular weight excluding hydrogens is 190 g/mol. The Morgan fingerprint density at radius 1 is 1.38 bits per heavy atom. The summed E-state index contributed by atoms with van der Waals surface area (Å²) < 4.78 is 50.8. The van der Waals surface area contributed by atoms with Crippen molar-refractivity contribution < 1.29 is 22.3 Å². The fourth-order valence-corrected chi connectivity index (χ4v) is 0.688. The molecule has 0 aliphatic carbocycles. The second-order valence-electron chi connectivity index (χ2n) is 2.32. The van der Waals surface area contributed by atoms with Gasteiger partial charge in [0, 0.05) is 6.07 Å². The summed E-state index contributed by atoms with van der Waals surface area (Å²) in [4.78, 5) is 3.11. The number of aryl methyl sites for hydroxylation is 1. The van der Waals surface area contributed by atoms with Gasteiger partial charge < -0.3 is 4.74 Å². The first kappa shape index (κ1) is 9.76. The summed E-state index contributed by atoms with van der Waals surface area (Å²) in [6.45, 7) is 1.32. The van der Waals surface area contributed by atoms with E-state index in [4.69, 9.17) is 0 Å². The zero-order valence-corrected chi connectivity index (χ0v) is 6.52. The number of hydrogen-bond acceptors (Lipinski definition) is 2. The number of alkyl halides is 3. The van der Waals surface area contributed by atoms with Gasteiger partial charge in [-0.25, -0.2) is 9.37 Å². The first-order chi connectivity index (χ1) is 5.88. The molecule has 6 heteroatoms. The Morgan fingerprint density at radius 2 is 2.00 bits per heavy atom. The quantitative estimate of drug-likeness (QED) is 0.642. The molecular formula is C7H5F4NO. The molecule has 13 heavy (non-hydrogen) atoms. The van der Waals surface area contributed by atoms with Crippen LogP contribution in [-0.2, 0) is 0 Å². The topological polar surface area (TPSA) is 22.1 Å². The SMILES string of the molecule is Cc1cc(OC(F)(F)F)ncc1F. The fourth-order valence-electron chi connectivity index (χ4n) is 0.688. The van der Waals surface area contributed by atoms with Crippen LogP contribution in [0.2, 0.25) is 0 Å². The zero-order chi connectivity index (χ0) is 10.1. The molecule has 0 saturated carbocycles. The summed E-state index contributed by atoms with van der Waals surface area (Å²) in [5.74, 6) is -1.33. The van der Waals surface area contributed by atoms with Gasteiger partial charge in [0.15, 0.2) is 0 Å². The van der Waals surface area contributed by atoms with Crippen molar-refractivity contribution >= 4 is 0 Å². The van der Waals surface area contributed by atoms with Crippen LogP contribution < -0.4 is 4.74 Å². The first-order valence-electron chi connectivity index (χ1n) is 3.26. The summed E-state index contributed by atoms with van der Waals surface area (Å²) in [5, 5.41) is 0. The lowest BCUT2D eigenvalue weighted by Crippen LogP contribution is -2.18. The van der Waals surface area contributed by atoms with Crippen LogP contribution in [0.3, 0.4) is 0 Å². The Kier molecular flexibility index (Phi) is 2.40. The van der Waals surface area contributed by atoms with Crippen molar-refractivity contribution in [2.75, 3.05) is 0 Å². The Labute approximate surface area is 71.2 Å². The third-order valence-electron chi connectivity index (χ3n) is 1.24. The first-order valence-corrected chi connectivity index (χ1v) is 3.26. The second-order valence-corrected chi connectivity index (χ2v) is 2.32. The summed E-state index contributed by atoms with van der Waals surface area (Å²) in [6, 6.07) is 0.878. The maximum atomic E-state index is 12.5. The summed E-state index contributed by atoms with van der Waals surface area (Å²) in [5.41, 5.74) is 0.0502. The average Bonchev–Trinajstić information content (AvgIpc) is 1.94. The molecule has 0 spiro atoms. The van der Waals surface area contributed by atoms with Gasteiger partial charge in [-0.15, -0.1) is 13.2 Å². The van der Waals surface area contributed by atoms with Crippen molar-refractivity contribution in [3.63, 3.8) is 0 Å². The lowest BCUT2D eigenvalue weighted by Gasteiger charge is -2.07. The van der Waals surface area contributed by atoms with Crippen LogP contribution in [0.25, 0.3) is 0 Å². The van der Waals surface area contributed by atoms with E-state index in [9.17, 15) is 17.6 Å². The highest BCUT2D eigenvalue weighted by Gasteiger charge is 2.31. The fraction of sp³-hybridized carbons (Fsp3) is 0.286. The largest absolute Gasteiger partial charge is 0.574 e. The highest BCUT2D eigenvalue weighted by molar-refractivity contribution is 5.20. The number of rotatable bonds is 1. The average molecular weight is 195 g/mol. The molecule has 1 rings (SSSR count). The van der Waals surface area contributed by atoms with E-state index < -0.39 is 18.1 Å². The molecule has 1 aromatic heterocycles. The van der Waals surface area contributed by atoms with Crippen molar-refractivity contribution in [3.8, 4) is 5.88 Å². The van der Waals surface area contributed by atoms with Crippen molar-refractivity contribution in [3.05, 3.63) is 23.6 Å². The minimum atomic E-state index is -4.79. The Bertz CT molecular complexity index is 310. The maximum absolute atomic E-state index is 12.5. The molecule has 0 bridgehead atoms. The van der Waals surface area contributed by atoms with Crippen LogP contribution in [0.4, 0.5) is 17.6 Å². The number of hydrogen-bond donors (Lipinski definition) is 0. The summed E-state index contributed by atoms with van der Waals surface area (Å²) >= 11 is 0. The molecule has 72 valence electrons. The van der Waals surface area contributed by atoms with Crippen LogP contribution in [0, 0.1) is 12.7 Å². The highest BCUT2D eigenvalue weighted by atomic mass is 19.4. The lowest BCUT2D eigenvalue weighted by molar-refractivity contribution is -0.276. The van der Waals surface area contributed by atoms with E-state index in [2.05, 4.69) is 9.72 Å². The monoisotopic (exact) mass is 195 g/mol. The third-order valence-corrected chi connectivity index (χ3v) is 1.24. The second kappa shape index (κ2) is 3.20. The van der Waals surface area contributed by atoms with Gasteiger partial charge in [-0.2, -0.15) is 0 Å². The van der Waals surface area contributed by atoms with Gasteiger partial charge in [-0.3, -0.25) is 0 Å². The minimum Gasteiger partial charge on any atom is -0.388 e. The molecule has 0 aromatic carbocycles. The lowest BCUT2D eigenvalue weighted by atomic mass is 10.3. The van der Waals surface area contributed by atoms with Gasteiger partial charge >= 0.3 is 6.36 Å². The van der Waals surface area contributed by atoms with E-state index in [1.165, 1.54) is 6.92 Å².